The molecule has 0 amide bonds. The molecule has 2 aliphatic heterocycles. The minimum absolute atomic E-state index is 0.317. The maximum Gasteiger partial charge on any atom is 0.514 e. The standard InChI is InChI=1S/C12H19BN2O3/c1-11(2)12(3,4)18-13(17-11)10-5-14-8-15(10)9-6-16-7-9/h5,8-9H,6-7H2,1-4H3. The van der Waals surface area contributed by atoms with Crippen LogP contribution in [0.25, 0.3) is 0 Å². The second-order valence-electron chi connectivity index (χ2n) is 6.01. The average molecular weight is 250 g/mol. The second kappa shape index (κ2) is 3.82. The Kier molecular flexibility index (Phi) is 2.59. The Bertz CT molecular complexity index is 438. The maximum absolute atomic E-state index is 6.04. The van der Waals surface area contributed by atoms with Crippen molar-refractivity contribution in [3.8, 4) is 0 Å². The van der Waals surface area contributed by atoms with Crippen LogP contribution in [0.15, 0.2) is 12.5 Å². The minimum Gasteiger partial charge on any atom is -0.398 e. The zero-order chi connectivity index (χ0) is 13.0. The van der Waals surface area contributed by atoms with Crippen molar-refractivity contribution in [1.29, 1.82) is 0 Å². The van der Waals surface area contributed by atoms with Crippen LogP contribution in [0.3, 0.4) is 0 Å². The summed E-state index contributed by atoms with van der Waals surface area (Å²) in [6.45, 7) is 9.70. The van der Waals surface area contributed by atoms with Gasteiger partial charge in [0.2, 0.25) is 0 Å². The molecule has 0 bridgehead atoms. The van der Waals surface area contributed by atoms with Gasteiger partial charge in [0.05, 0.1) is 42.4 Å². The van der Waals surface area contributed by atoms with E-state index in [4.69, 9.17) is 14.0 Å². The van der Waals surface area contributed by atoms with Gasteiger partial charge < -0.3 is 18.6 Å². The quantitative estimate of drug-likeness (QED) is 0.727. The van der Waals surface area contributed by atoms with Crippen molar-refractivity contribution in [3.05, 3.63) is 12.5 Å². The fraction of sp³-hybridized carbons (Fsp3) is 0.750. The van der Waals surface area contributed by atoms with Crippen LogP contribution in [0, 0.1) is 0 Å². The van der Waals surface area contributed by atoms with Crippen LogP contribution in [-0.4, -0.2) is 41.1 Å². The average Bonchev–Trinajstić information content (AvgIpc) is 2.68. The summed E-state index contributed by atoms with van der Waals surface area (Å²) in [5.74, 6) is 0. The highest BCUT2D eigenvalue weighted by molar-refractivity contribution is 6.61. The van der Waals surface area contributed by atoms with Gasteiger partial charge in [-0.25, -0.2) is 4.98 Å². The molecule has 18 heavy (non-hydrogen) atoms. The number of hydrogen-bond donors (Lipinski definition) is 0. The van der Waals surface area contributed by atoms with Gasteiger partial charge in [0.15, 0.2) is 0 Å². The molecule has 98 valence electrons. The molecular formula is C12H19BN2O3. The lowest BCUT2D eigenvalue weighted by molar-refractivity contribution is -0.0224. The van der Waals surface area contributed by atoms with Gasteiger partial charge in [-0.1, -0.05) is 0 Å². The summed E-state index contributed by atoms with van der Waals surface area (Å²) in [6, 6.07) is 0.363. The molecule has 2 aliphatic rings. The van der Waals surface area contributed by atoms with Crippen molar-refractivity contribution >= 4 is 12.7 Å². The van der Waals surface area contributed by atoms with Gasteiger partial charge in [-0.15, -0.1) is 0 Å². The molecule has 5 nitrogen and oxygen atoms in total. The molecule has 3 rings (SSSR count). The summed E-state index contributed by atoms with van der Waals surface area (Å²) in [5, 5.41) is 0. The topological polar surface area (TPSA) is 45.5 Å². The molecule has 6 heteroatoms. The molecule has 0 saturated carbocycles. The van der Waals surface area contributed by atoms with Crippen molar-refractivity contribution in [2.45, 2.75) is 44.9 Å². The first kappa shape index (κ1) is 12.2. The second-order valence-corrected chi connectivity index (χ2v) is 6.01. The molecule has 1 aromatic rings. The Balaban J connectivity index is 1.86. The third-order valence-electron chi connectivity index (χ3n) is 4.20. The Morgan fingerprint density at radius 3 is 2.33 bits per heavy atom. The zero-order valence-electron chi connectivity index (χ0n) is 11.3. The highest BCUT2D eigenvalue weighted by Crippen LogP contribution is 2.36. The van der Waals surface area contributed by atoms with Crippen molar-refractivity contribution in [2.24, 2.45) is 0 Å². The van der Waals surface area contributed by atoms with Gasteiger partial charge in [-0.2, -0.15) is 0 Å². The summed E-state index contributed by atoms with van der Waals surface area (Å²) in [4.78, 5) is 4.21. The normalized spacial score (nSPS) is 26.3. The number of nitrogens with zero attached hydrogens (tertiary/aromatic N) is 2. The van der Waals surface area contributed by atoms with E-state index >= 15 is 0 Å². The molecule has 0 aliphatic carbocycles. The van der Waals surface area contributed by atoms with Crippen molar-refractivity contribution in [2.75, 3.05) is 13.2 Å². The van der Waals surface area contributed by atoms with E-state index in [0.29, 0.717) is 6.04 Å². The number of rotatable bonds is 2. The first-order valence-electron chi connectivity index (χ1n) is 6.36. The number of imidazole rings is 1. The zero-order valence-corrected chi connectivity index (χ0v) is 11.3. The molecule has 2 fully saturated rings. The SMILES string of the molecule is CC1(C)OB(c2cncn2C2COC2)OC1(C)C. The summed E-state index contributed by atoms with van der Waals surface area (Å²) < 4.78 is 19.4. The predicted octanol–water partition coefficient (Wildman–Crippen LogP) is 0.754. The van der Waals surface area contributed by atoms with Gasteiger partial charge in [0, 0.05) is 6.20 Å². The third-order valence-corrected chi connectivity index (χ3v) is 4.20. The molecule has 0 unspecified atom stereocenters. The van der Waals surface area contributed by atoms with E-state index in [1.807, 2.05) is 12.5 Å². The molecular weight excluding hydrogens is 231 g/mol. The first-order valence-corrected chi connectivity index (χ1v) is 6.36. The fourth-order valence-corrected chi connectivity index (χ4v) is 2.15. The predicted molar refractivity (Wildman–Crippen MR) is 67.8 cm³/mol. The largest absolute Gasteiger partial charge is 0.514 e. The van der Waals surface area contributed by atoms with E-state index in [9.17, 15) is 0 Å². The molecule has 0 aromatic carbocycles. The monoisotopic (exact) mass is 250 g/mol. The van der Waals surface area contributed by atoms with Crippen LogP contribution in [0.5, 0.6) is 0 Å². The smallest absolute Gasteiger partial charge is 0.398 e. The van der Waals surface area contributed by atoms with Gasteiger partial charge in [0.25, 0.3) is 0 Å². The van der Waals surface area contributed by atoms with E-state index in [1.165, 1.54) is 0 Å². The van der Waals surface area contributed by atoms with Crippen LogP contribution < -0.4 is 5.59 Å². The van der Waals surface area contributed by atoms with Gasteiger partial charge >= 0.3 is 7.12 Å². The van der Waals surface area contributed by atoms with E-state index in [2.05, 4.69) is 37.2 Å². The summed E-state index contributed by atoms with van der Waals surface area (Å²) in [7, 11) is -0.349. The Labute approximate surface area is 108 Å². The van der Waals surface area contributed by atoms with Crippen LogP contribution >= 0.6 is 0 Å². The molecule has 3 heterocycles. The Morgan fingerprint density at radius 2 is 1.83 bits per heavy atom. The van der Waals surface area contributed by atoms with E-state index in [1.54, 1.807) is 0 Å². The molecule has 2 saturated heterocycles. The molecule has 0 spiro atoms. The van der Waals surface area contributed by atoms with E-state index < -0.39 is 0 Å². The van der Waals surface area contributed by atoms with Crippen molar-refractivity contribution in [1.82, 2.24) is 9.55 Å². The summed E-state index contributed by atoms with van der Waals surface area (Å²) in [6.07, 6.45) is 3.65. The van der Waals surface area contributed by atoms with E-state index in [-0.39, 0.29) is 18.3 Å². The van der Waals surface area contributed by atoms with Gasteiger partial charge in [-0.3, -0.25) is 0 Å². The van der Waals surface area contributed by atoms with Crippen molar-refractivity contribution < 1.29 is 14.0 Å². The number of ether oxygens (including phenoxy) is 1. The van der Waals surface area contributed by atoms with E-state index in [0.717, 1.165) is 18.8 Å². The van der Waals surface area contributed by atoms with Gasteiger partial charge in [0.1, 0.15) is 0 Å². The lowest BCUT2D eigenvalue weighted by atomic mass is 9.84. The van der Waals surface area contributed by atoms with Gasteiger partial charge in [-0.05, 0) is 27.7 Å². The minimum atomic E-state index is -0.349. The lowest BCUT2D eigenvalue weighted by Crippen LogP contribution is -2.44. The summed E-state index contributed by atoms with van der Waals surface area (Å²) >= 11 is 0. The molecule has 0 N–H and O–H groups in total. The molecule has 1 aromatic heterocycles. The number of aromatic nitrogens is 2. The maximum atomic E-state index is 6.04. The lowest BCUT2D eigenvalue weighted by Gasteiger charge is -2.32. The van der Waals surface area contributed by atoms with Crippen LogP contribution in [0.4, 0.5) is 0 Å². The van der Waals surface area contributed by atoms with Crippen molar-refractivity contribution in [3.63, 3.8) is 0 Å². The highest BCUT2D eigenvalue weighted by atomic mass is 16.7. The van der Waals surface area contributed by atoms with Crippen LogP contribution in [0.1, 0.15) is 33.7 Å². The number of hydrogen-bond acceptors (Lipinski definition) is 4. The molecule has 0 radical (unpaired) electrons. The molecule has 0 atom stereocenters. The third kappa shape index (κ3) is 1.71. The first-order chi connectivity index (χ1) is 8.41. The Morgan fingerprint density at radius 1 is 1.22 bits per heavy atom. The summed E-state index contributed by atoms with van der Waals surface area (Å²) in [5.41, 5.74) is 0.341. The fourth-order valence-electron chi connectivity index (χ4n) is 2.15. The van der Waals surface area contributed by atoms with Crippen LogP contribution in [-0.2, 0) is 14.0 Å². The highest BCUT2D eigenvalue weighted by Gasteiger charge is 2.53. The van der Waals surface area contributed by atoms with Crippen LogP contribution in [0.2, 0.25) is 0 Å². The Hall–Kier alpha value is -0.845.